The molecule has 0 N–H and O–H groups in total. The molecule has 0 unspecified atom stereocenters. The minimum absolute atomic E-state index is 0.671. The van der Waals surface area contributed by atoms with Gasteiger partial charge in [0.2, 0.25) is 0 Å². The average Bonchev–Trinajstić information content (AvgIpc) is 3.61. The van der Waals surface area contributed by atoms with Crippen LogP contribution in [0, 0.1) is 0 Å². The van der Waals surface area contributed by atoms with Crippen LogP contribution in [-0.4, -0.2) is 26.0 Å². The molecule has 0 bridgehead atoms. The molecule has 0 spiro atoms. The molecule has 7 aromatic rings. The highest BCUT2D eigenvalue weighted by atomic mass is 16.5. The van der Waals surface area contributed by atoms with Crippen LogP contribution in [0.5, 0.6) is 11.5 Å². The molecule has 9 rings (SSSR count). The normalized spacial score (nSPS) is 14.9. The number of para-hydroxylation sites is 2. The van der Waals surface area contributed by atoms with E-state index in [2.05, 4.69) is 109 Å². The predicted molar refractivity (Wildman–Crippen MR) is 243 cm³/mol. The third kappa shape index (κ3) is 6.98. The van der Waals surface area contributed by atoms with Crippen LogP contribution in [0.1, 0.15) is 57.3 Å². The maximum Gasteiger partial charge on any atom is 0.127 e. The SMILES string of the molecule is COc1ccc(C2(c3ccc(OC)c(C(=C=Nc4ccccc4)c4ccccc4)c3)C3=C(C=CCC3)c3ccccc32)cc1C(=C=Nc1ccccc1)c1ccccc1. The Kier molecular flexibility index (Phi) is 10.4. The van der Waals surface area contributed by atoms with Gasteiger partial charge in [0.15, 0.2) is 0 Å². The van der Waals surface area contributed by atoms with Gasteiger partial charge in [-0.05, 0) is 118 Å². The van der Waals surface area contributed by atoms with Crippen molar-refractivity contribution >= 4 is 39.8 Å². The fraction of sp³-hybridized carbons (Fsp3) is 0.0909. The summed E-state index contributed by atoms with van der Waals surface area (Å²) in [6, 6.07) is 62.7. The lowest BCUT2D eigenvalue weighted by Crippen LogP contribution is -2.30. The van der Waals surface area contributed by atoms with E-state index < -0.39 is 5.41 Å². The molecule has 7 aromatic carbocycles. The molecular weight excluding hydrogens is 721 g/mol. The molecule has 0 fully saturated rings. The van der Waals surface area contributed by atoms with Gasteiger partial charge in [-0.3, -0.25) is 0 Å². The first-order valence-corrected chi connectivity index (χ1v) is 19.9. The van der Waals surface area contributed by atoms with Gasteiger partial charge in [-0.15, -0.1) is 0 Å². The van der Waals surface area contributed by atoms with Crippen LogP contribution in [0.4, 0.5) is 11.4 Å². The number of allylic oxidation sites excluding steroid dienone is 4. The van der Waals surface area contributed by atoms with Crippen LogP contribution in [0.2, 0.25) is 0 Å². The van der Waals surface area contributed by atoms with E-state index in [0.717, 1.165) is 80.2 Å². The third-order valence-corrected chi connectivity index (χ3v) is 11.3. The maximum atomic E-state index is 6.16. The number of hydrogen-bond donors (Lipinski definition) is 0. The van der Waals surface area contributed by atoms with Crippen molar-refractivity contribution in [2.75, 3.05) is 14.2 Å². The van der Waals surface area contributed by atoms with Gasteiger partial charge in [-0.2, -0.15) is 0 Å². The predicted octanol–water partition coefficient (Wildman–Crippen LogP) is 13.0. The smallest absolute Gasteiger partial charge is 0.127 e. The topological polar surface area (TPSA) is 43.2 Å². The van der Waals surface area contributed by atoms with Crippen molar-refractivity contribution in [1.82, 2.24) is 0 Å². The molecule has 2 aliphatic carbocycles. The van der Waals surface area contributed by atoms with Gasteiger partial charge in [0.05, 0.1) is 42.2 Å². The van der Waals surface area contributed by atoms with Crippen molar-refractivity contribution in [1.29, 1.82) is 0 Å². The largest absolute Gasteiger partial charge is 0.496 e. The Bertz CT molecular complexity index is 2690. The van der Waals surface area contributed by atoms with Gasteiger partial charge < -0.3 is 9.47 Å². The van der Waals surface area contributed by atoms with E-state index in [1.54, 1.807) is 14.2 Å². The number of hydrogen-bond acceptors (Lipinski definition) is 4. The van der Waals surface area contributed by atoms with Crippen LogP contribution in [0.25, 0.3) is 16.7 Å². The number of benzene rings is 7. The summed E-state index contributed by atoms with van der Waals surface area (Å²) in [5.74, 6) is 8.43. The Morgan fingerprint density at radius 3 is 1.47 bits per heavy atom. The van der Waals surface area contributed by atoms with Gasteiger partial charge in [0, 0.05) is 11.1 Å². The van der Waals surface area contributed by atoms with Gasteiger partial charge >= 0.3 is 0 Å². The van der Waals surface area contributed by atoms with Gasteiger partial charge in [0.1, 0.15) is 11.5 Å². The fourth-order valence-corrected chi connectivity index (χ4v) is 8.63. The number of nitrogens with zero attached hydrogens (tertiary/aromatic N) is 2. The number of ether oxygens (including phenoxy) is 2. The Morgan fingerprint density at radius 1 is 0.525 bits per heavy atom. The molecule has 4 heteroatoms. The lowest BCUT2D eigenvalue weighted by molar-refractivity contribution is 0.413. The van der Waals surface area contributed by atoms with E-state index in [0.29, 0.717) is 0 Å². The van der Waals surface area contributed by atoms with Crippen LogP contribution >= 0.6 is 0 Å². The molecule has 0 saturated carbocycles. The van der Waals surface area contributed by atoms with Crippen molar-refractivity contribution in [3.8, 4) is 11.5 Å². The van der Waals surface area contributed by atoms with Crippen molar-refractivity contribution < 1.29 is 9.47 Å². The molecule has 0 aromatic heterocycles. The molecule has 0 radical (unpaired) electrons. The van der Waals surface area contributed by atoms with E-state index in [1.165, 1.54) is 22.3 Å². The molecule has 4 nitrogen and oxygen atoms in total. The van der Waals surface area contributed by atoms with E-state index in [1.807, 2.05) is 97.1 Å². The first-order valence-electron chi connectivity index (χ1n) is 19.9. The van der Waals surface area contributed by atoms with Gasteiger partial charge in [-0.1, -0.05) is 146 Å². The van der Waals surface area contributed by atoms with E-state index in [9.17, 15) is 0 Å². The summed E-state index contributed by atoms with van der Waals surface area (Å²) in [5, 5.41) is 0. The summed E-state index contributed by atoms with van der Waals surface area (Å²) in [5.41, 5.74) is 13.8. The van der Waals surface area contributed by atoms with E-state index in [4.69, 9.17) is 19.5 Å². The monoisotopic (exact) mass is 762 g/mol. The summed E-state index contributed by atoms with van der Waals surface area (Å²) >= 11 is 0. The van der Waals surface area contributed by atoms with Crippen molar-refractivity contribution in [2.24, 2.45) is 9.98 Å². The molecule has 0 atom stereocenters. The summed E-state index contributed by atoms with van der Waals surface area (Å²) in [6.07, 6.45) is 6.46. The van der Waals surface area contributed by atoms with Crippen molar-refractivity contribution in [2.45, 2.75) is 18.3 Å². The fourth-order valence-electron chi connectivity index (χ4n) is 8.63. The molecule has 59 heavy (non-hydrogen) atoms. The zero-order valence-corrected chi connectivity index (χ0v) is 33.1. The van der Waals surface area contributed by atoms with Gasteiger partial charge in [0.25, 0.3) is 0 Å². The van der Waals surface area contributed by atoms with Crippen molar-refractivity contribution in [3.05, 3.63) is 244 Å². The molecule has 0 aliphatic heterocycles. The number of aliphatic imine (C=N–C) groups is 2. The Hall–Kier alpha value is -7.48. The highest BCUT2D eigenvalue weighted by Gasteiger charge is 2.48. The summed E-state index contributed by atoms with van der Waals surface area (Å²) in [4.78, 5) is 9.73. The lowest BCUT2D eigenvalue weighted by Gasteiger charge is -2.37. The maximum absolute atomic E-state index is 6.16. The van der Waals surface area contributed by atoms with Crippen LogP contribution in [0.3, 0.4) is 0 Å². The summed E-state index contributed by atoms with van der Waals surface area (Å²) in [6.45, 7) is 0. The minimum Gasteiger partial charge on any atom is -0.496 e. The molecule has 0 amide bonds. The first-order chi connectivity index (χ1) is 29.2. The minimum atomic E-state index is -0.671. The van der Waals surface area contributed by atoms with E-state index >= 15 is 0 Å². The molecule has 2 aliphatic rings. The standard InChI is InChI=1S/C55H42N2O2/c1-58-53-33-31-41(35-47(53)49(39-19-7-3-8-20-39)37-56-43-23-11-5-12-24-43)55(51-29-17-15-27-45(51)46-28-16-18-30-52(46)55)42-32-34-54(59-2)48(36-42)50(40-21-9-4-10-22-40)38-57-44-25-13-6-14-26-44/h3-17,19-29,31-36H,18,30H2,1-2H3. The van der Waals surface area contributed by atoms with Gasteiger partial charge in [-0.25, -0.2) is 9.98 Å². The van der Waals surface area contributed by atoms with Crippen LogP contribution < -0.4 is 9.47 Å². The lowest BCUT2D eigenvalue weighted by atomic mass is 9.64. The van der Waals surface area contributed by atoms with Crippen LogP contribution in [-0.2, 0) is 5.41 Å². The molecule has 0 saturated heterocycles. The Morgan fingerprint density at radius 2 is 0.983 bits per heavy atom. The van der Waals surface area contributed by atoms with Crippen molar-refractivity contribution in [3.63, 3.8) is 0 Å². The Labute approximate surface area is 346 Å². The Balaban J connectivity index is 1.35. The second kappa shape index (κ2) is 16.5. The zero-order valence-electron chi connectivity index (χ0n) is 33.1. The quantitative estimate of drug-likeness (QED) is 0.130. The number of methoxy groups -OCH3 is 2. The molecule has 0 heterocycles. The molecule has 284 valence electrons. The summed E-state index contributed by atoms with van der Waals surface area (Å²) < 4.78 is 12.3. The van der Waals surface area contributed by atoms with Crippen LogP contribution in [0.15, 0.2) is 210 Å². The molecular formula is C55H42N2O2. The first kappa shape index (κ1) is 37.1. The second-order valence-corrected chi connectivity index (χ2v) is 14.6. The highest BCUT2D eigenvalue weighted by molar-refractivity contribution is 6.03. The third-order valence-electron chi connectivity index (χ3n) is 11.3. The zero-order chi connectivity index (χ0) is 40.0. The number of rotatable bonds is 10. The second-order valence-electron chi connectivity index (χ2n) is 14.6. The average molecular weight is 763 g/mol. The highest BCUT2D eigenvalue weighted by Crippen LogP contribution is 2.58. The number of fused-ring (bicyclic) bond motifs is 2. The summed E-state index contributed by atoms with van der Waals surface area (Å²) in [7, 11) is 3.46. The van der Waals surface area contributed by atoms with E-state index in [-0.39, 0.29) is 0 Å².